The molecular formula is C17H22N2O2. The number of hydrogen-bond acceptors (Lipinski definition) is 3. The molecule has 1 atom stereocenters. The quantitative estimate of drug-likeness (QED) is 0.851. The van der Waals surface area contributed by atoms with E-state index in [9.17, 15) is 4.79 Å². The molecule has 0 fully saturated rings. The van der Waals surface area contributed by atoms with Gasteiger partial charge in [-0.25, -0.2) is 0 Å². The molecule has 0 saturated carbocycles. The van der Waals surface area contributed by atoms with Crippen molar-refractivity contribution >= 4 is 0 Å². The summed E-state index contributed by atoms with van der Waals surface area (Å²) in [7, 11) is 0. The van der Waals surface area contributed by atoms with Gasteiger partial charge in [0, 0.05) is 36.6 Å². The maximum atomic E-state index is 11.2. The summed E-state index contributed by atoms with van der Waals surface area (Å²) in [5.74, 6) is 0.909. The Hall–Kier alpha value is -2.07. The summed E-state index contributed by atoms with van der Waals surface area (Å²) in [6.07, 6.45) is 3.63. The van der Waals surface area contributed by atoms with Crippen molar-refractivity contribution in [2.45, 2.75) is 26.4 Å². The van der Waals surface area contributed by atoms with Crippen LogP contribution in [0.5, 0.6) is 5.75 Å². The van der Waals surface area contributed by atoms with E-state index < -0.39 is 0 Å². The molecule has 0 saturated heterocycles. The standard InChI is InChI=1S/C17H22N2O2/c1-3-18-16(13-19-11-9-14(20)10-12-19)15-7-5-6-8-17(15)21-4-2/h5-12,16,18H,3-4,13H2,1-2H3. The second-order valence-corrected chi connectivity index (χ2v) is 4.81. The molecule has 0 radical (unpaired) electrons. The Morgan fingerprint density at radius 2 is 1.86 bits per heavy atom. The number of hydrogen-bond donors (Lipinski definition) is 1. The minimum absolute atomic E-state index is 0.0287. The van der Waals surface area contributed by atoms with Gasteiger partial charge < -0.3 is 14.6 Å². The van der Waals surface area contributed by atoms with Gasteiger partial charge in [0.15, 0.2) is 5.43 Å². The number of likely N-dealkylation sites (N-methyl/N-ethyl adjacent to an activating group) is 1. The Morgan fingerprint density at radius 1 is 1.14 bits per heavy atom. The van der Waals surface area contributed by atoms with Gasteiger partial charge in [0.2, 0.25) is 0 Å². The number of rotatable bonds is 7. The highest BCUT2D eigenvalue weighted by molar-refractivity contribution is 5.36. The number of para-hydroxylation sites is 1. The first kappa shape index (κ1) is 15.3. The summed E-state index contributed by atoms with van der Waals surface area (Å²) in [5.41, 5.74) is 1.17. The van der Waals surface area contributed by atoms with E-state index in [0.717, 1.165) is 24.4 Å². The van der Waals surface area contributed by atoms with E-state index in [-0.39, 0.29) is 11.5 Å². The highest BCUT2D eigenvalue weighted by Gasteiger charge is 2.15. The van der Waals surface area contributed by atoms with Gasteiger partial charge in [0.25, 0.3) is 0 Å². The molecule has 0 bridgehead atoms. The summed E-state index contributed by atoms with van der Waals surface area (Å²) >= 11 is 0. The second-order valence-electron chi connectivity index (χ2n) is 4.81. The van der Waals surface area contributed by atoms with Crippen LogP contribution in [-0.4, -0.2) is 17.7 Å². The molecule has 2 rings (SSSR count). The molecule has 1 heterocycles. The van der Waals surface area contributed by atoms with Gasteiger partial charge in [-0.2, -0.15) is 0 Å². The molecule has 1 aromatic heterocycles. The van der Waals surface area contributed by atoms with Gasteiger partial charge in [-0.15, -0.1) is 0 Å². The molecule has 112 valence electrons. The van der Waals surface area contributed by atoms with E-state index in [1.54, 1.807) is 12.1 Å². The van der Waals surface area contributed by atoms with Crippen LogP contribution in [-0.2, 0) is 6.54 Å². The summed E-state index contributed by atoms with van der Waals surface area (Å²) in [5, 5.41) is 3.48. The number of benzene rings is 1. The van der Waals surface area contributed by atoms with Gasteiger partial charge in [-0.3, -0.25) is 4.79 Å². The van der Waals surface area contributed by atoms with Gasteiger partial charge in [-0.1, -0.05) is 25.1 Å². The lowest BCUT2D eigenvalue weighted by Gasteiger charge is -2.22. The van der Waals surface area contributed by atoms with Crippen molar-refractivity contribution in [2.24, 2.45) is 0 Å². The van der Waals surface area contributed by atoms with Crippen molar-refractivity contribution < 1.29 is 4.74 Å². The van der Waals surface area contributed by atoms with Crippen LogP contribution >= 0.6 is 0 Å². The van der Waals surface area contributed by atoms with Crippen LogP contribution in [0.25, 0.3) is 0 Å². The molecule has 0 aliphatic carbocycles. The first-order chi connectivity index (χ1) is 10.2. The molecule has 1 N–H and O–H groups in total. The molecule has 0 amide bonds. The average molecular weight is 286 g/mol. The number of nitrogens with one attached hydrogen (secondary N) is 1. The highest BCUT2D eigenvalue weighted by atomic mass is 16.5. The number of aromatic nitrogens is 1. The first-order valence-corrected chi connectivity index (χ1v) is 7.35. The van der Waals surface area contributed by atoms with Gasteiger partial charge >= 0.3 is 0 Å². The minimum atomic E-state index is 0.0287. The van der Waals surface area contributed by atoms with Crippen LogP contribution in [0.1, 0.15) is 25.5 Å². The Balaban J connectivity index is 2.26. The maximum absolute atomic E-state index is 11.2. The fourth-order valence-corrected chi connectivity index (χ4v) is 2.35. The summed E-state index contributed by atoms with van der Waals surface area (Å²) < 4.78 is 7.73. The Morgan fingerprint density at radius 3 is 2.52 bits per heavy atom. The molecule has 4 nitrogen and oxygen atoms in total. The molecule has 2 aromatic rings. The number of ether oxygens (including phenoxy) is 1. The third-order valence-electron chi connectivity index (χ3n) is 3.30. The maximum Gasteiger partial charge on any atom is 0.181 e. The van der Waals surface area contributed by atoms with Crippen molar-refractivity contribution in [3.63, 3.8) is 0 Å². The third kappa shape index (κ3) is 4.20. The molecular weight excluding hydrogens is 264 g/mol. The average Bonchev–Trinajstić information content (AvgIpc) is 2.50. The molecule has 4 heteroatoms. The predicted octanol–water partition coefficient (Wildman–Crippen LogP) is 2.60. The van der Waals surface area contributed by atoms with E-state index >= 15 is 0 Å². The lowest BCUT2D eigenvalue weighted by atomic mass is 10.1. The van der Waals surface area contributed by atoms with E-state index in [4.69, 9.17) is 4.74 Å². The number of nitrogens with zero attached hydrogens (tertiary/aromatic N) is 1. The SMILES string of the molecule is CCNC(Cn1ccc(=O)cc1)c1ccccc1OCC. The zero-order valence-electron chi connectivity index (χ0n) is 12.6. The van der Waals surface area contributed by atoms with Crippen molar-refractivity contribution in [2.75, 3.05) is 13.2 Å². The highest BCUT2D eigenvalue weighted by Crippen LogP contribution is 2.26. The van der Waals surface area contributed by atoms with Crippen LogP contribution in [0, 0.1) is 0 Å². The van der Waals surface area contributed by atoms with Crippen molar-refractivity contribution in [1.82, 2.24) is 9.88 Å². The monoisotopic (exact) mass is 286 g/mol. The fourth-order valence-electron chi connectivity index (χ4n) is 2.35. The topological polar surface area (TPSA) is 43.3 Å². The van der Waals surface area contributed by atoms with Crippen LogP contribution in [0.2, 0.25) is 0 Å². The molecule has 21 heavy (non-hydrogen) atoms. The third-order valence-corrected chi connectivity index (χ3v) is 3.30. The van der Waals surface area contributed by atoms with E-state index in [1.807, 2.05) is 42.1 Å². The largest absolute Gasteiger partial charge is 0.494 e. The molecule has 0 aliphatic heterocycles. The van der Waals surface area contributed by atoms with Gasteiger partial charge in [0.05, 0.1) is 12.6 Å². The first-order valence-electron chi connectivity index (χ1n) is 7.35. The summed E-state index contributed by atoms with van der Waals surface area (Å²) in [6, 6.07) is 11.4. The van der Waals surface area contributed by atoms with Crippen molar-refractivity contribution in [3.05, 3.63) is 64.6 Å². The molecule has 0 spiro atoms. The zero-order chi connectivity index (χ0) is 15.1. The minimum Gasteiger partial charge on any atom is -0.494 e. The van der Waals surface area contributed by atoms with E-state index in [1.165, 1.54) is 0 Å². The second kappa shape index (κ2) is 7.64. The summed E-state index contributed by atoms with van der Waals surface area (Å²) in [4.78, 5) is 11.2. The van der Waals surface area contributed by atoms with E-state index in [2.05, 4.69) is 18.3 Å². The van der Waals surface area contributed by atoms with Crippen LogP contribution in [0.15, 0.2) is 53.6 Å². The predicted molar refractivity (Wildman–Crippen MR) is 84.7 cm³/mol. The normalized spacial score (nSPS) is 12.1. The summed E-state index contributed by atoms with van der Waals surface area (Å²) in [6.45, 7) is 6.33. The lowest BCUT2D eigenvalue weighted by Crippen LogP contribution is -2.26. The van der Waals surface area contributed by atoms with Crippen LogP contribution in [0.3, 0.4) is 0 Å². The molecule has 0 aliphatic rings. The van der Waals surface area contributed by atoms with Crippen molar-refractivity contribution in [1.29, 1.82) is 0 Å². The van der Waals surface area contributed by atoms with Gasteiger partial charge in [0.1, 0.15) is 5.75 Å². The van der Waals surface area contributed by atoms with Crippen LogP contribution in [0.4, 0.5) is 0 Å². The Bertz CT molecular complexity index is 602. The lowest BCUT2D eigenvalue weighted by molar-refractivity contribution is 0.328. The molecule has 1 unspecified atom stereocenters. The van der Waals surface area contributed by atoms with Gasteiger partial charge in [-0.05, 0) is 19.5 Å². The Kier molecular flexibility index (Phi) is 5.58. The fraction of sp³-hybridized carbons (Fsp3) is 0.353. The smallest absolute Gasteiger partial charge is 0.181 e. The Labute approximate surface area is 125 Å². The van der Waals surface area contributed by atoms with Crippen molar-refractivity contribution in [3.8, 4) is 5.75 Å². The number of pyridine rings is 1. The zero-order valence-corrected chi connectivity index (χ0v) is 12.6. The molecule has 1 aromatic carbocycles. The van der Waals surface area contributed by atoms with Crippen LogP contribution < -0.4 is 15.5 Å². The van der Waals surface area contributed by atoms with E-state index in [0.29, 0.717) is 6.61 Å².